The van der Waals surface area contributed by atoms with Crippen LogP contribution in [0.3, 0.4) is 0 Å². The molecule has 0 aliphatic carbocycles. The van der Waals surface area contributed by atoms with Gasteiger partial charge < -0.3 is 10.3 Å². The van der Waals surface area contributed by atoms with Gasteiger partial charge in [-0.3, -0.25) is 0 Å². The van der Waals surface area contributed by atoms with Crippen molar-refractivity contribution in [3.63, 3.8) is 0 Å². The average Bonchev–Trinajstić information content (AvgIpc) is 3.28. The molecule has 0 radical (unpaired) electrons. The van der Waals surface area contributed by atoms with E-state index < -0.39 is 11.7 Å². The number of para-hydroxylation sites is 1. The Morgan fingerprint density at radius 2 is 1.75 bits per heavy atom. The molecule has 0 aliphatic heterocycles. The first-order chi connectivity index (χ1) is 13.3. The van der Waals surface area contributed by atoms with Crippen LogP contribution in [0.1, 0.15) is 5.56 Å². The van der Waals surface area contributed by atoms with Gasteiger partial charge in [0.15, 0.2) is 11.5 Å². The third kappa shape index (κ3) is 3.18. The van der Waals surface area contributed by atoms with Gasteiger partial charge in [-0.05, 0) is 36.4 Å². The lowest BCUT2D eigenvalue weighted by atomic mass is 10.1. The third-order valence-corrected chi connectivity index (χ3v) is 4.13. The Balaban J connectivity index is 1.74. The van der Waals surface area contributed by atoms with E-state index in [-0.39, 0.29) is 28.9 Å². The molecule has 0 amide bonds. The van der Waals surface area contributed by atoms with Gasteiger partial charge in [-0.1, -0.05) is 34.1 Å². The van der Waals surface area contributed by atoms with Crippen LogP contribution in [0.2, 0.25) is 5.02 Å². The third-order valence-electron chi connectivity index (χ3n) is 3.87. The van der Waals surface area contributed by atoms with Gasteiger partial charge in [-0.15, -0.1) is 5.10 Å². The Morgan fingerprint density at radius 1 is 1.04 bits per heavy atom. The van der Waals surface area contributed by atoms with E-state index in [4.69, 9.17) is 21.9 Å². The van der Waals surface area contributed by atoms with Crippen molar-refractivity contribution >= 4 is 17.4 Å². The number of hydrogen-bond donors (Lipinski definition) is 1. The first kappa shape index (κ1) is 18.0. The topological polar surface area (TPSA) is 95.7 Å². The van der Waals surface area contributed by atoms with E-state index in [1.165, 1.54) is 18.2 Å². The SMILES string of the molecule is Nc1c(-c2nc(-c3ccc(Cl)cc3)no2)nnn1-c1ccccc1C(F)(F)F. The van der Waals surface area contributed by atoms with E-state index in [1.54, 1.807) is 24.3 Å². The molecule has 7 nitrogen and oxygen atoms in total. The molecule has 2 aromatic carbocycles. The van der Waals surface area contributed by atoms with Crippen LogP contribution < -0.4 is 5.73 Å². The Hall–Kier alpha value is -3.40. The molecule has 2 N–H and O–H groups in total. The van der Waals surface area contributed by atoms with Gasteiger partial charge >= 0.3 is 6.18 Å². The molecule has 2 aromatic heterocycles. The van der Waals surface area contributed by atoms with Crippen LogP contribution in [0, 0.1) is 0 Å². The lowest BCUT2D eigenvalue weighted by Gasteiger charge is -2.12. The highest BCUT2D eigenvalue weighted by molar-refractivity contribution is 6.30. The number of alkyl halides is 3. The molecule has 142 valence electrons. The van der Waals surface area contributed by atoms with E-state index in [9.17, 15) is 13.2 Å². The molecule has 0 saturated heterocycles. The molecule has 0 fully saturated rings. The summed E-state index contributed by atoms with van der Waals surface area (Å²) in [5.74, 6) is 0.0116. The zero-order valence-electron chi connectivity index (χ0n) is 13.9. The molecule has 28 heavy (non-hydrogen) atoms. The van der Waals surface area contributed by atoms with Gasteiger partial charge in [0.25, 0.3) is 5.89 Å². The standard InChI is InChI=1S/C17H10ClF3N6O/c18-10-7-5-9(6-8-10)15-23-16(28-25-15)13-14(22)27(26-24-13)12-4-2-1-3-11(12)17(19,20)21/h1-8H,22H2. The highest BCUT2D eigenvalue weighted by Gasteiger charge is 2.35. The normalized spacial score (nSPS) is 11.7. The fourth-order valence-corrected chi connectivity index (χ4v) is 2.68. The van der Waals surface area contributed by atoms with Crippen molar-refractivity contribution < 1.29 is 17.7 Å². The lowest BCUT2D eigenvalue weighted by Crippen LogP contribution is -2.12. The second-order valence-electron chi connectivity index (χ2n) is 5.68. The van der Waals surface area contributed by atoms with E-state index in [0.29, 0.717) is 10.6 Å². The largest absolute Gasteiger partial charge is 0.418 e. The highest BCUT2D eigenvalue weighted by atomic mass is 35.5. The summed E-state index contributed by atoms with van der Waals surface area (Å²) >= 11 is 5.84. The monoisotopic (exact) mass is 406 g/mol. The molecule has 11 heteroatoms. The maximum Gasteiger partial charge on any atom is 0.418 e. The summed E-state index contributed by atoms with van der Waals surface area (Å²) in [7, 11) is 0. The van der Waals surface area contributed by atoms with Crippen molar-refractivity contribution in [3.05, 3.63) is 59.1 Å². The van der Waals surface area contributed by atoms with Crippen molar-refractivity contribution in [2.24, 2.45) is 0 Å². The van der Waals surface area contributed by atoms with E-state index in [2.05, 4.69) is 20.5 Å². The summed E-state index contributed by atoms with van der Waals surface area (Å²) in [4.78, 5) is 4.18. The number of halogens is 4. The molecule has 4 aromatic rings. The van der Waals surface area contributed by atoms with Gasteiger partial charge in [-0.2, -0.15) is 22.8 Å². The van der Waals surface area contributed by atoms with E-state index in [1.807, 2.05) is 0 Å². The molecule has 0 unspecified atom stereocenters. The van der Waals surface area contributed by atoms with Crippen molar-refractivity contribution in [2.75, 3.05) is 5.73 Å². The Labute approximate surface area is 160 Å². The Morgan fingerprint density at radius 3 is 2.46 bits per heavy atom. The zero-order chi connectivity index (χ0) is 19.9. The molecule has 0 bridgehead atoms. The quantitative estimate of drug-likeness (QED) is 0.546. The molecule has 0 atom stereocenters. The number of anilines is 1. The number of benzene rings is 2. The molecule has 4 rings (SSSR count). The van der Waals surface area contributed by atoms with Crippen molar-refractivity contribution in [1.29, 1.82) is 0 Å². The van der Waals surface area contributed by atoms with Crippen molar-refractivity contribution in [2.45, 2.75) is 6.18 Å². The summed E-state index contributed by atoms with van der Waals surface area (Å²) in [5.41, 5.74) is 5.42. The highest BCUT2D eigenvalue weighted by Crippen LogP contribution is 2.35. The van der Waals surface area contributed by atoms with Crippen LogP contribution in [0.5, 0.6) is 0 Å². The number of aromatic nitrogens is 5. The summed E-state index contributed by atoms with van der Waals surface area (Å²) in [6.07, 6.45) is -4.58. The minimum atomic E-state index is -4.58. The number of hydrogen-bond acceptors (Lipinski definition) is 6. The van der Waals surface area contributed by atoms with Crippen LogP contribution in [0.25, 0.3) is 28.7 Å². The first-order valence-electron chi connectivity index (χ1n) is 7.82. The summed E-state index contributed by atoms with van der Waals surface area (Å²) in [5, 5.41) is 11.9. The van der Waals surface area contributed by atoms with E-state index >= 15 is 0 Å². The second kappa shape index (κ2) is 6.64. The number of nitrogens with zero attached hydrogens (tertiary/aromatic N) is 5. The van der Waals surface area contributed by atoms with Crippen LogP contribution in [-0.4, -0.2) is 25.1 Å². The zero-order valence-corrected chi connectivity index (χ0v) is 14.6. The Kier molecular flexibility index (Phi) is 4.27. The molecular weight excluding hydrogens is 397 g/mol. The second-order valence-corrected chi connectivity index (χ2v) is 6.12. The van der Waals surface area contributed by atoms with Crippen LogP contribution in [-0.2, 0) is 6.18 Å². The average molecular weight is 407 g/mol. The predicted molar refractivity (Wildman–Crippen MR) is 94.5 cm³/mol. The van der Waals surface area contributed by atoms with Crippen molar-refractivity contribution in [3.8, 4) is 28.7 Å². The summed E-state index contributed by atoms with van der Waals surface area (Å²) in [6, 6.07) is 11.6. The lowest BCUT2D eigenvalue weighted by molar-refractivity contribution is -0.137. The van der Waals surface area contributed by atoms with Crippen LogP contribution in [0.15, 0.2) is 53.1 Å². The maximum absolute atomic E-state index is 13.3. The Bertz CT molecular complexity index is 1140. The molecule has 0 saturated carbocycles. The molecule has 0 spiro atoms. The minimum absolute atomic E-state index is 0.0234. The predicted octanol–water partition coefficient (Wildman–Crippen LogP) is 4.24. The minimum Gasteiger partial charge on any atom is -0.382 e. The number of rotatable bonds is 3. The first-order valence-corrected chi connectivity index (χ1v) is 8.20. The van der Waals surface area contributed by atoms with Gasteiger partial charge in [0.2, 0.25) is 5.82 Å². The fraction of sp³-hybridized carbons (Fsp3) is 0.0588. The smallest absolute Gasteiger partial charge is 0.382 e. The van der Waals surface area contributed by atoms with Gasteiger partial charge in [-0.25, -0.2) is 0 Å². The van der Waals surface area contributed by atoms with Crippen LogP contribution >= 0.6 is 11.6 Å². The van der Waals surface area contributed by atoms with Gasteiger partial charge in [0.1, 0.15) is 0 Å². The van der Waals surface area contributed by atoms with Crippen LogP contribution in [0.4, 0.5) is 19.0 Å². The van der Waals surface area contributed by atoms with Gasteiger partial charge in [0, 0.05) is 10.6 Å². The number of nitrogens with two attached hydrogens (primary N) is 1. The van der Waals surface area contributed by atoms with Crippen molar-refractivity contribution in [1.82, 2.24) is 25.1 Å². The van der Waals surface area contributed by atoms with Gasteiger partial charge in [0.05, 0.1) is 11.3 Å². The van der Waals surface area contributed by atoms with E-state index in [0.717, 1.165) is 10.7 Å². The molecule has 2 heterocycles. The summed E-state index contributed by atoms with van der Waals surface area (Å²) in [6.45, 7) is 0. The fourth-order valence-electron chi connectivity index (χ4n) is 2.55. The molecular formula is C17H10ClF3N6O. The summed E-state index contributed by atoms with van der Waals surface area (Å²) < 4.78 is 45.8. The molecule has 0 aliphatic rings. The maximum atomic E-state index is 13.3. The number of nitrogen functional groups attached to an aromatic ring is 1.